The molecule has 4 heteroatoms. The Balaban J connectivity index is 2.98. The van der Waals surface area contributed by atoms with Crippen molar-refractivity contribution in [2.45, 2.75) is 27.3 Å². The second kappa shape index (κ2) is 7.46. The number of aryl methyl sites for hydroxylation is 1. The van der Waals surface area contributed by atoms with Crippen LogP contribution in [0.25, 0.3) is 0 Å². The van der Waals surface area contributed by atoms with Crippen molar-refractivity contribution in [3.05, 3.63) is 23.4 Å². The number of hydrogen-bond acceptors (Lipinski definition) is 4. The average Bonchev–Trinajstić information content (AvgIpc) is 2.33. The number of aromatic nitrogens is 1. The molecule has 4 nitrogen and oxygen atoms in total. The van der Waals surface area contributed by atoms with Crippen LogP contribution in [0.1, 0.15) is 25.0 Å². The van der Waals surface area contributed by atoms with Crippen molar-refractivity contribution >= 4 is 5.82 Å². The van der Waals surface area contributed by atoms with Crippen LogP contribution < -0.4 is 10.6 Å². The maximum absolute atomic E-state index is 5.90. The van der Waals surface area contributed by atoms with Crippen molar-refractivity contribution in [2.24, 2.45) is 11.7 Å². The summed E-state index contributed by atoms with van der Waals surface area (Å²) in [5.41, 5.74) is 8.30. The van der Waals surface area contributed by atoms with Crippen molar-refractivity contribution in [3.63, 3.8) is 0 Å². The maximum atomic E-state index is 5.90. The fourth-order valence-corrected chi connectivity index (χ4v) is 2.14. The minimum atomic E-state index is 0.547. The van der Waals surface area contributed by atoms with E-state index in [1.165, 1.54) is 11.1 Å². The van der Waals surface area contributed by atoms with Gasteiger partial charge in [0, 0.05) is 37.9 Å². The van der Waals surface area contributed by atoms with E-state index in [9.17, 15) is 0 Å². The molecular formula is C15H28N4. The standard InChI is InChI=1S/C15H28N4/c1-12(2)11-19(9-8-18(4)5)15-14(10-16)13(3)6-7-17-15/h6-7,12H,8-11,16H2,1-5H3. The molecule has 0 aliphatic rings. The van der Waals surface area contributed by atoms with E-state index in [4.69, 9.17) is 5.73 Å². The summed E-state index contributed by atoms with van der Waals surface area (Å²) < 4.78 is 0. The topological polar surface area (TPSA) is 45.4 Å². The Bertz CT molecular complexity index is 388. The monoisotopic (exact) mass is 264 g/mol. The lowest BCUT2D eigenvalue weighted by Crippen LogP contribution is -2.36. The lowest BCUT2D eigenvalue weighted by atomic mass is 10.1. The zero-order valence-corrected chi connectivity index (χ0v) is 13.0. The Kier molecular flexibility index (Phi) is 6.25. The summed E-state index contributed by atoms with van der Waals surface area (Å²) in [6, 6.07) is 2.03. The molecule has 0 bridgehead atoms. The highest BCUT2D eigenvalue weighted by atomic mass is 15.2. The molecule has 1 heterocycles. The second-order valence-corrected chi connectivity index (χ2v) is 5.78. The van der Waals surface area contributed by atoms with E-state index >= 15 is 0 Å². The Hall–Kier alpha value is -1.13. The highest BCUT2D eigenvalue weighted by Gasteiger charge is 2.15. The summed E-state index contributed by atoms with van der Waals surface area (Å²) in [5.74, 6) is 1.66. The lowest BCUT2D eigenvalue weighted by molar-refractivity contribution is 0.408. The molecule has 0 unspecified atom stereocenters. The molecule has 1 aromatic heterocycles. The smallest absolute Gasteiger partial charge is 0.133 e. The van der Waals surface area contributed by atoms with E-state index < -0.39 is 0 Å². The maximum Gasteiger partial charge on any atom is 0.133 e. The fourth-order valence-electron chi connectivity index (χ4n) is 2.14. The van der Waals surface area contributed by atoms with E-state index in [-0.39, 0.29) is 0 Å². The molecule has 0 amide bonds. The molecule has 0 aliphatic carbocycles. The van der Waals surface area contributed by atoms with Gasteiger partial charge in [-0.2, -0.15) is 0 Å². The number of pyridine rings is 1. The number of rotatable bonds is 7. The molecule has 0 radical (unpaired) electrons. The Morgan fingerprint density at radius 1 is 1.26 bits per heavy atom. The number of hydrogen-bond donors (Lipinski definition) is 1. The van der Waals surface area contributed by atoms with Crippen LogP contribution in [0.15, 0.2) is 12.3 Å². The highest BCUT2D eigenvalue weighted by molar-refractivity contribution is 5.50. The third-order valence-electron chi connectivity index (χ3n) is 3.17. The third-order valence-corrected chi connectivity index (χ3v) is 3.17. The summed E-state index contributed by atoms with van der Waals surface area (Å²) in [5, 5.41) is 0. The van der Waals surface area contributed by atoms with Crippen LogP contribution in [0.3, 0.4) is 0 Å². The molecule has 0 saturated carbocycles. The van der Waals surface area contributed by atoms with Crippen molar-refractivity contribution in [2.75, 3.05) is 38.6 Å². The minimum absolute atomic E-state index is 0.547. The van der Waals surface area contributed by atoms with Crippen LogP contribution in [0.2, 0.25) is 0 Å². The van der Waals surface area contributed by atoms with Crippen molar-refractivity contribution in [3.8, 4) is 0 Å². The van der Waals surface area contributed by atoms with Crippen LogP contribution in [-0.2, 0) is 6.54 Å². The van der Waals surface area contributed by atoms with Gasteiger partial charge in [0.25, 0.3) is 0 Å². The van der Waals surface area contributed by atoms with Gasteiger partial charge in [-0.25, -0.2) is 4.98 Å². The van der Waals surface area contributed by atoms with Gasteiger partial charge in [0.2, 0.25) is 0 Å². The van der Waals surface area contributed by atoms with Crippen LogP contribution >= 0.6 is 0 Å². The largest absolute Gasteiger partial charge is 0.355 e. The summed E-state index contributed by atoms with van der Waals surface area (Å²) >= 11 is 0. The van der Waals surface area contributed by atoms with Crippen LogP contribution in [0.4, 0.5) is 5.82 Å². The van der Waals surface area contributed by atoms with Crippen LogP contribution in [0.5, 0.6) is 0 Å². The molecular weight excluding hydrogens is 236 g/mol. The Morgan fingerprint density at radius 2 is 1.95 bits per heavy atom. The minimum Gasteiger partial charge on any atom is -0.355 e. The predicted octanol–water partition coefficient (Wildman–Crippen LogP) is 1.87. The van der Waals surface area contributed by atoms with Crippen molar-refractivity contribution in [1.29, 1.82) is 0 Å². The SMILES string of the molecule is Cc1ccnc(N(CCN(C)C)CC(C)C)c1CN. The molecule has 0 aromatic carbocycles. The van der Waals surface area contributed by atoms with Gasteiger partial charge in [-0.3, -0.25) is 0 Å². The van der Waals surface area contributed by atoms with E-state index in [0.29, 0.717) is 12.5 Å². The molecule has 2 N–H and O–H groups in total. The van der Waals surface area contributed by atoms with Gasteiger partial charge < -0.3 is 15.5 Å². The quantitative estimate of drug-likeness (QED) is 0.816. The molecule has 1 aromatic rings. The van der Waals surface area contributed by atoms with Gasteiger partial charge in [-0.15, -0.1) is 0 Å². The van der Waals surface area contributed by atoms with Gasteiger partial charge in [0.1, 0.15) is 5.82 Å². The summed E-state index contributed by atoms with van der Waals surface area (Å²) in [6.07, 6.45) is 1.88. The summed E-state index contributed by atoms with van der Waals surface area (Å²) in [4.78, 5) is 9.13. The highest BCUT2D eigenvalue weighted by Crippen LogP contribution is 2.21. The Labute approximate surface area is 117 Å². The molecule has 0 spiro atoms. The average molecular weight is 264 g/mol. The van der Waals surface area contributed by atoms with Crippen LogP contribution in [0, 0.1) is 12.8 Å². The molecule has 0 aliphatic heterocycles. The second-order valence-electron chi connectivity index (χ2n) is 5.78. The molecule has 0 saturated heterocycles. The van der Waals surface area contributed by atoms with Gasteiger partial charge in [-0.1, -0.05) is 13.8 Å². The van der Waals surface area contributed by atoms with E-state index in [1.54, 1.807) is 0 Å². The lowest BCUT2D eigenvalue weighted by Gasteiger charge is -2.29. The normalized spacial score (nSPS) is 11.4. The van der Waals surface area contributed by atoms with E-state index in [2.05, 4.69) is 49.7 Å². The van der Waals surface area contributed by atoms with E-state index in [1.807, 2.05) is 12.3 Å². The van der Waals surface area contributed by atoms with Crippen molar-refractivity contribution < 1.29 is 0 Å². The molecule has 108 valence electrons. The Morgan fingerprint density at radius 3 is 2.47 bits per heavy atom. The zero-order chi connectivity index (χ0) is 14.4. The van der Waals surface area contributed by atoms with Gasteiger partial charge in [0.05, 0.1) is 0 Å². The first-order chi connectivity index (χ1) is 8.95. The first-order valence-electron chi connectivity index (χ1n) is 7.00. The first kappa shape index (κ1) is 15.9. The zero-order valence-electron chi connectivity index (χ0n) is 13.0. The molecule has 0 fully saturated rings. The summed E-state index contributed by atoms with van der Waals surface area (Å²) in [6.45, 7) is 10.1. The summed E-state index contributed by atoms with van der Waals surface area (Å²) in [7, 11) is 4.20. The third kappa shape index (κ3) is 4.80. The number of likely N-dealkylation sites (N-methyl/N-ethyl adjacent to an activating group) is 1. The number of anilines is 1. The number of nitrogens with zero attached hydrogens (tertiary/aromatic N) is 3. The van der Waals surface area contributed by atoms with Gasteiger partial charge >= 0.3 is 0 Å². The first-order valence-corrected chi connectivity index (χ1v) is 7.00. The van der Waals surface area contributed by atoms with Crippen molar-refractivity contribution in [1.82, 2.24) is 9.88 Å². The fraction of sp³-hybridized carbons (Fsp3) is 0.667. The molecule has 19 heavy (non-hydrogen) atoms. The number of nitrogens with two attached hydrogens (primary N) is 1. The van der Waals surface area contributed by atoms with Gasteiger partial charge in [0.15, 0.2) is 0 Å². The molecule has 1 rings (SSSR count). The van der Waals surface area contributed by atoms with Gasteiger partial charge in [-0.05, 0) is 38.6 Å². The molecule has 0 atom stereocenters. The van der Waals surface area contributed by atoms with E-state index in [0.717, 1.165) is 25.5 Å². The predicted molar refractivity (Wildman–Crippen MR) is 82.5 cm³/mol. The van der Waals surface area contributed by atoms with Crippen LogP contribution in [-0.4, -0.2) is 43.6 Å².